The van der Waals surface area contributed by atoms with E-state index in [0.29, 0.717) is 25.0 Å². The molecule has 8 rings (SSSR count). The molecule has 0 saturated carbocycles. The van der Waals surface area contributed by atoms with Gasteiger partial charge in [0.25, 0.3) is 0 Å². The Balaban J connectivity index is 0.000000571. The number of benzene rings is 5. The van der Waals surface area contributed by atoms with Crippen molar-refractivity contribution in [3.05, 3.63) is 142 Å². The van der Waals surface area contributed by atoms with Crippen LogP contribution in [0.15, 0.2) is 114 Å². The number of rotatable bonds is 6. The molecule has 3 aliphatic rings. The monoisotopic (exact) mass is 666 g/mol. The Morgan fingerprint density at radius 1 is 0.659 bits per heavy atom. The van der Waals surface area contributed by atoms with Crippen LogP contribution >= 0.6 is 0 Å². The van der Waals surface area contributed by atoms with Crippen molar-refractivity contribution in [2.24, 2.45) is 0 Å². The molecule has 5 aromatic rings. The molecule has 0 aromatic heterocycles. The van der Waals surface area contributed by atoms with Crippen LogP contribution in [0.2, 0.25) is 20.3 Å². The molecule has 0 radical (unpaired) electrons. The molecule has 0 N–H and O–H groups in total. The van der Waals surface area contributed by atoms with Gasteiger partial charge in [0.05, 0.1) is 0 Å². The molecule has 0 spiro atoms. The summed E-state index contributed by atoms with van der Waals surface area (Å²) in [6.07, 6.45) is 7.90. The van der Waals surface area contributed by atoms with Crippen LogP contribution in [0.3, 0.4) is 0 Å². The standard InChI is InChI=1S/C37H31.C4H10Si.CH3.Zr/c1-3-24-22-35-29-16-8-6-13-26(29)20-21-31(35)34(24)23-36-27(4-2)37(33-18-10-9-17-30(33)36)32-19-11-14-25-12-5-7-15-28(25)32;1-2-4-5-3-1;;/h5-23,34,36H,3-4H2,1-2H3;1-5H2;1H3;. The molecular formula is C42H44SiZr. The van der Waals surface area contributed by atoms with Gasteiger partial charge in [-0.1, -0.05) is 24.9 Å². The Hall–Kier alpha value is -2.80. The van der Waals surface area contributed by atoms with Crippen molar-refractivity contribution in [1.29, 1.82) is 0 Å². The topological polar surface area (TPSA) is 0 Å². The molecular weight excluding hydrogens is 624 g/mol. The Labute approximate surface area is 278 Å². The molecule has 2 heteroatoms. The summed E-state index contributed by atoms with van der Waals surface area (Å²) in [6.45, 7) is 4.76. The van der Waals surface area contributed by atoms with Gasteiger partial charge in [-0.05, 0) is 0 Å². The summed E-state index contributed by atoms with van der Waals surface area (Å²) in [5, 5.41) is 5.47. The van der Waals surface area contributed by atoms with Crippen LogP contribution in [-0.2, 0) is 23.2 Å². The predicted molar refractivity (Wildman–Crippen MR) is 191 cm³/mol. The Morgan fingerprint density at radius 3 is 2.02 bits per heavy atom. The van der Waals surface area contributed by atoms with Crippen LogP contribution in [0.25, 0.3) is 33.2 Å². The number of fused-ring (bicyclic) bond motifs is 5. The van der Waals surface area contributed by atoms with E-state index in [0.717, 1.165) is 12.8 Å². The third-order valence-electron chi connectivity index (χ3n) is 10.5. The second-order valence-electron chi connectivity index (χ2n) is 12.8. The minimum atomic E-state index is -0.701. The average Bonchev–Trinajstić information content (AvgIpc) is 3.85. The van der Waals surface area contributed by atoms with E-state index >= 15 is 0 Å². The maximum absolute atomic E-state index is 2.59. The molecule has 44 heavy (non-hydrogen) atoms. The van der Waals surface area contributed by atoms with Crippen molar-refractivity contribution in [1.82, 2.24) is 0 Å². The van der Waals surface area contributed by atoms with Crippen molar-refractivity contribution in [2.75, 3.05) is 0 Å². The third-order valence-corrected chi connectivity index (χ3v) is 15.8. The van der Waals surface area contributed by atoms with E-state index in [2.05, 4.69) is 128 Å². The van der Waals surface area contributed by atoms with Crippen LogP contribution in [0.5, 0.6) is 0 Å². The maximum atomic E-state index is 2.59. The van der Waals surface area contributed by atoms with E-state index in [4.69, 9.17) is 0 Å². The fourth-order valence-electron chi connectivity index (χ4n) is 8.46. The zero-order valence-electron chi connectivity index (χ0n) is 26.6. The molecule has 2 aliphatic carbocycles. The summed E-state index contributed by atoms with van der Waals surface area (Å²) in [6, 6.07) is 42.2. The van der Waals surface area contributed by atoms with Crippen molar-refractivity contribution in [3.8, 4) is 0 Å². The van der Waals surface area contributed by atoms with Gasteiger partial charge < -0.3 is 0 Å². The summed E-state index contributed by atoms with van der Waals surface area (Å²) >= 11 is -0.701. The van der Waals surface area contributed by atoms with Crippen molar-refractivity contribution >= 4 is 42.7 Å². The molecule has 0 amide bonds. The van der Waals surface area contributed by atoms with Crippen LogP contribution < -0.4 is 0 Å². The summed E-state index contributed by atoms with van der Waals surface area (Å²) in [5.74, 6) is 1.02. The Kier molecular flexibility index (Phi) is 9.02. The van der Waals surface area contributed by atoms with Crippen LogP contribution in [0, 0.1) is 0 Å². The molecule has 3 unspecified atom stereocenters. The normalized spacial score (nSPS) is 19.4. The first kappa shape index (κ1) is 29.9. The molecule has 3 atom stereocenters. The van der Waals surface area contributed by atoms with Gasteiger partial charge in [-0.2, -0.15) is 0 Å². The SMILES string of the molecule is C1CC[SiH2]C1.CCC1=Cc2c(ccc3ccccc23)C1[CH]([Zr][CH3])C1C(CC)=C(c2cccc3ccccc23)c2ccccc21. The first-order chi connectivity index (χ1) is 21.7. The zero-order valence-corrected chi connectivity index (χ0v) is 30.4. The fourth-order valence-corrected chi connectivity index (χ4v) is 13.8. The third kappa shape index (κ3) is 5.27. The number of allylic oxidation sites excluding steroid dienone is 2. The van der Waals surface area contributed by atoms with Crippen LogP contribution in [0.1, 0.15) is 79.2 Å². The summed E-state index contributed by atoms with van der Waals surface area (Å²) in [4.78, 5) is 0. The second kappa shape index (κ2) is 13.3. The van der Waals surface area contributed by atoms with Gasteiger partial charge in [0.1, 0.15) is 0 Å². The molecule has 1 aliphatic heterocycles. The van der Waals surface area contributed by atoms with Crippen molar-refractivity contribution in [3.63, 3.8) is 0 Å². The number of hydrogen-bond donors (Lipinski definition) is 0. The van der Waals surface area contributed by atoms with Gasteiger partial charge in [-0.15, -0.1) is 0 Å². The van der Waals surface area contributed by atoms with E-state index in [1.165, 1.54) is 43.8 Å². The average molecular weight is 668 g/mol. The molecule has 5 aromatic carbocycles. The fraction of sp³-hybridized carbons (Fsp3) is 0.286. The molecule has 0 nitrogen and oxygen atoms in total. The first-order valence-corrected chi connectivity index (χ1v) is 22.8. The summed E-state index contributed by atoms with van der Waals surface area (Å²) < 4.78 is 3.28. The van der Waals surface area contributed by atoms with Gasteiger partial charge >= 0.3 is 245 Å². The van der Waals surface area contributed by atoms with E-state index < -0.39 is 23.2 Å². The van der Waals surface area contributed by atoms with E-state index in [-0.39, 0.29) is 0 Å². The van der Waals surface area contributed by atoms with Crippen molar-refractivity contribution < 1.29 is 23.2 Å². The van der Waals surface area contributed by atoms with Crippen LogP contribution in [0.4, 0.5) is 0 Å². The quantitative estimate of drug-likeness (QED) is 0.158. The van der Waals surface area contributed by atoms with E-state index in [1.807, 2.05) is 0 Å². The molecule has 1 heterocycles. The van der Waals surface area contributed by atoms with Crippen molar-refractivity contribution in [2.45, 2.75) is 71.7 Å². The van der Waals surface area contributed by atoms with Crippen LogP contribution in [-0.4, -0.2) is 9.52 Å². The molecule has 220 valence electrons. The second-order valence-corrected chi connectivity index (χ2v) is 17.9. The van der Waals surface area contributed by atoms with Gasteiger partial charge in [0.15, 0.2) is 0 Å². The van der Waals surface area contributed by atoms with Gasteiger partial charge in [0, 0.05) is 9.52 Å². The Morgan fingerprint density at radius 2 is 1.32 bits per heavy atom. The van der Waals surface area contributed by atoms with E-state index in [9.17, 15) is 0 Å². The molecule has 1 saturated heterocycles. The summed E-state index contributed by atoms with van der Waals surface area (Å²) in [7, 11) is 0.543. The molecule has 0 bridgehead atoms. The molecule has 1 fully saturated rings. The first-order valence-electron chi connectivity index (χ1n) is 16.9. The summed E-state index contributed by atoms with van der Waals surface area (Å²) in [5.41, 5.74) is 12.3. The zero-order chi connectivity index (χ0) is 30.0. The van der Waals surface area contributed by atoms with Gasteiger partial charge in [0.2, 0.25) is 0 Å². The predicted octanol–water partition coefficient (Wildman–Crippen LogP) is 11.6. The van der Waals surface area contributed by atoms with Gasteiger partial charge in [-0.3, -0.25) is 0 Å². The van der Waals surface area contributed by atoms with E-state index in [1.54, 1.807) is 47.2 Å². The minimum absolute atomic E-state index is 0.495. The van der Waals surface area contributed by atoms with Gasteiger partial charge in [-0.25, -0.2) is 0 Å². The Bertz CT molecular complexity index is 1860. The number of hydrogen-bond acceptors (Lipinski definition) is 0.